The highest BCUT2D eigenvalue weighted by Crippen LogP contribution is 2.34. The van der Waals surface area contributed by atoms with Crippen molar-refractivity contribution in [1.29, 1.82) is 0 Å². The van der Waals surface area contributed by atoms with Gasteiger partial charge in [-0.25, -0.2) is 23.1 Å². The van der Waals surface area contributed by atoms with E-state index in [1.807, 2.05) is 0 Å². The van der Waals surface area contributed by atoms with Crippen LogP contribution in [0, 0.1) is 17.5 Å². The average molecular weight is 569 g/mol. The monoisotopic (exact) mass is 569 g/mol. The van der Waals surface area contributed by atoms with Gasteiger partial charge in [-0.1, -0.05) is 0 Å². The predicted octanol–water partition coefficient (Wildman–Crippen LogP) is 3.38. The van der Waals surface area contributed by atoms with Crippen LogP contribution >= 0.6 is 0 Å². The highest BCUT2D eigenvalue weighted by atomic mass is 19.4. The number of alkyl halides is 6. The minimum Gasteiger partial charge on any atom is -0.394 e. The molecule has 39 heavy (non-hydrogen) atoms. The Balaban J connectivity index is 1.97. The van der Waals surface area contributed by atoms with Crippen LogP contribution in [0.4, 0.5) is 45.3 Å². The molecule has 3 aromatic rings. The lowest BCUT2D eigenvalue weighted by molar-refractivity contribution is -0.255. The highest BCUT2D eigenvalue weighted by Gasteiger charge is 2.57. The molecule has 0 bridgehead atoms. The lowest BCUT2D eigenvalue weighted by Gasteiger charge is -2.25. The topological polar surface area (TPSA) is 100 Å². The van der Waals surface area contributed by atoms with Gasteiger partial charge < -0.3 is 15.3 Å². The van der Waals surface area contributed by atoms with Crippen LogP contribution in [0.5, 0.6) is 0 Å². The molecule has 1 fully saturated rings. The molecule has 3 aromatic heterocycles. The smallest absolute Gasteiger partial charge is 0.394 e. The third-order valence-electron chi connectivity index (χ3n) is 5.96. The molecule has 1 atom stereocenters. The summed E-state index contributed by atoms with van der Waals surface area (Å²) in [6, 6.07) is -4.12. The van der Waals surface area contributed by atoms with Crippen LogP contribution in [0.15, 0.2) is 29.3 Å². The summed E-state index contributed by atoms with van der Waals surface area (Å²) in [5.41, 5.74) is -3.49. The quantitative estimate of drug-likeness (QED) is 0.458. The summed E-state index contributed by atoms with van der Waals surface area (Å²) in [6.45, 7) is -0.191. The van der Waals surface area contributed by atoms with Crippen LogP contribution in [0.25, 0.3) is 16.9 Å². The predicted molar refractivity (Wildman–Crippen MR) is 116 cm³/mol. The van der Waals surface area contributed by atoms with Crippen LogP contribution in [0.1, 0.15) is 23.2 Å². The maximum atomic E-state index is 15.1. The zero-order valence-corrected chi connectivity index (χ0v) is 19.2. The molecule has 8 nitrogen and oxygen atoms in total. The number of amides is 1. The van der Waals surface area contributed by atoms with E-state index >= 15 is 4.39 Å². The van der Waals surface area contributed by atoms with E-state index in [1.165, 1.54) is 4.90 Å². The van der Waals surface area contributed by atoms with E-state index in [-0.39, 0.29) is 6.54 Å². The number of pyridine rings is 3. The molecule has 4 rings (SSSR count). The number of fused-ring (bicyclic) bond motifs is 1. The molecule has 2 N–H and O–H groups in total. The maximum absolute atomic E-state index is 15.1. The first-order valence-electron chi connectivity index (χ1n) is 11.0. The Morgan fingerprint density at radius 2 is 1.72 bits per heavy atom. The first-order valence-corrected chi connectivity index (χ1v) is 11.0. The van der Waals surface area contributed by atoms with E-state index < -0.39 is 88.1 Å². The Bertz CT molecular complexity index is 1480. The first-order chi connectivity index (χ1) is 18.1. The fourth-order valence-electron chi connectivity index (χ4n) is 4.19. The van der Waals surface area contributed by atoms with Gasteiger partial charge >= 0.3 is 12.4 Å². The number of hydrogen-bond acceptors (Lipinski definition) is 6. The molecule has 0 spiro atoms. The lowest BCUT2D eigenvalue weighted by atomic mass is 10.1. The van der Waals surface area contributed by atoms with E-state index in [1.54, 1.807) is 0 Å². The summed E-state index contributed by atoms with van der Waals surface area (Å²) in [5.74, 6) is -7.20. The number of aromatic nitrogens is 3. The van der Waals surface area contributed by atoms with Crippen molar-refractivity contribution in [2.24, 2.45) is 0 Å². The summed E-state index contributed by atoms with van der Waals surface area (Å²) in [5, 5.41) is 9.43. The average Bonchev–Trinajstić information content (AvgIpc) is 3.30. The number of carbonyl (C=O) groups excluding carboxylic acids is 1. The van der Waals surface area contributed by atoms with Crippen molar-refractivity contribution >= 4 is 22.8 Å². The number of nitrogens with zero attached hydrogens (tertiary/aromatic N) is 4. The molecule has 0 aliphatic carbocycles. The minimum absolute atomic E-state index is 0.213. The van der Waals surface area contributed by atoms with Gasteiger partial charge in [-0.2, -0.15) is 26.3 Å². The summed E-state index contributed by atoms with van der Waals surface area (Å²) in [6.07, 6.45) is -10.2. The van der Waals surface area contributed by atoms with Crippen LogP contribution in [0.3, 0.4) is 0 Å². The molecule has 0 radical (unpaired) electrons. The first kappa shape index (κ1) is 28.1. The van der Waals surface area contributed by atoms with Crippen molar-refractivity contribution in [3.63, 3.8) is 0 Å². The number of anilines is 1. The fourth-order valence-corrected chi connectivity index (χ4v) is 4.19. The van der Waals surface area contributed by atoms with E-state index in [4.69, 9.17) is 0 Å². The van der Waals surface area contributed by atoms with Crippen LogP contribution in [-0.4, -0.2) is 63.1 Å². The summed E-state index contributed by atoms with van der Waals surface area (Å²) in [4.78, 5) is 34.4. The second kappa shape index (κ2) is 10.0. The van der Waals surface area contributed by atoms with E-state index in [2.05, 4.69) is 9.97 Å². The third-order valence-corrected chi connectivity index (χ3v) is 5.96. The van der Waals surface area contributed by atoms with Crippen molar-refractivity contribution < 1.29 is 49.4 Å². The molecular formula is C22H16F9N5O3. The van der Waals surface area contributed by atoms with Gasteiger partial charge in [0.25, 0.3) is 5.91 Å². The molecular weight excluding hydrogens is 553 g/mol. The lowest BCUT2D eigenvalue weighted by Crippen LogP contribution is -2.55. The maximum Gasteiger partial charge on any atom is 0.417 e. The van der Waals surface area contributed by atoms with Crippen molar-refractivity contribution in [2.45, 2.75) is 37.3 Å². The zero-order chi connectivity index (χ0) is 28.9. The van der Waals surface area contributed by atoms with E-state index in [0.717, 1.165) is 0 Å². The number of carbonyl (C=O) groups is 1. The SMILES string of the molecule is O=C(NC(C(F)(F)F)C(F)(F)F)c1cn(-c2ncc(F)cc2F)c2nc(N3CCC[C@@H]3CO)c(F)cc2c1=O. The van der Waals surface area contributed by atoms with Gasteiger partial charge in [-0.05, 0) is 18.9 Å². The van der Waals surface area contributed by atoms with E-state index in [9.17, 15) is 49.8 Å². The number of aliphatic hydroxyl groups excluding tert-OH is 1. The Labute approximate surface area is 211 Å². The van der Waals surface area contributed by atoms with Crippen molar-refractivity contribution in [3.8, 4) is 5.82 Å². The number of rotatable bonds is 5. The second-order valence-corrected chi connectivity index (χ2v) is 8.53. The second-order valence-electron chi connectivity index (χ2n) is 8.53. The largest absolute Gasteiger partial charge is 0.417 e. The molecule has 0 saturated carbocycles. The summed E-state index contributed by atoms with van der Waals surface area (Å²) < 4.78 is 122. The van der Waals surface area contributed by atoms with Gasteiger partial charge in [0.1, 0.15) is 11.4 Å². The van der Waals surface area contributed by atoms with Crippen molar-refractivity contribution in [1.82, 2.24) is 19.9 Å². The van der Waals surface area contributed by atoms with Crippen LogP contribution < -0.4 is 15.6 Å². The summed E-state index contributed by atoms with van der Waals surface area (Å²) in [7, 11) is 0. The zero-order valence-electron chi connectivity index (χ0n) is 19.2. The minimum atomic E-state index is -6.00. The number of aliphatic hydroxyl groups is 1. The molecule has 210 valence electrons. The highest BCUT2D eigenvalue weighted by molar-refractivity contribution is 5.97. The van der Waals surface area contributed by atoms with E-state index in [0.29, 0.717) is 47.3 Å². The number of halogens is 9. The van der Waals surface area contributed by atoms with Crippen molar-refractivity contribution in [3.05, 3.63) is 57.8 Å². The van der Waals surface area contributed by atoms with Crippen LogP contribution in [-0.2, 0) is 0 Å². The number of nitrogens with one attached hydrogen (secondary N) is 1. The fraction of sp³-hybridized carbons (Fsp3) is 0.364. The molecule has 1 amide bonds. The summed E-state index contributed by atoms with van der Waals surface area (Å²) >= 11 is 0. The van der Waals surface area contributed by atoms with Gasteiger partial charge in [-0.15, -0.1) is 0 Å². The Morgan fingerprint density at radius 3 is 2.31 bits per heavy atom. The molecule has 1 aliphatic rings. The molecule has 1 saturated heterocycles. The van der Waals surface area contributed by atoms with Crippen molar-refractivity contribution in [2.75, 3.05) is 18.1 Å². The third kappa shape index (κ3) is 5.35. The van der Waals surface area contributed by atoms with Gasteiger partial charge in [-0.3, -0.25) is 14.2 Å². The Kier molecular flexibility index (Phi) is 7.22. The molecule has 0 unspecified atom stereocenters. The molecule has 1 aliphatic heterocycles. The normalized spacial score (nSPS) is 16.4. The number of hydrogen-bond donors (Lipinski definition) is 2. The Morgan fingerprint density at radius 1 is 1.08 bits per heavy atom. The van der Waals surface area contributed by atoms with Gasteiger partial charge in [0.2, 0.25) is 11.5 Å². The molecule has 17 heteroatoms. The van der Waals surface area contributed by atoms with Gasteiger partial charge in [0.05, 0.1) is 24.2 Å². The van der Waals surface area contributed by atoms with Gasteiger partial charge in [0.15, 0.2) is 28.9 Å². The van der Waals surface area contributed by atoms with Gasteiger partial charge in [0, 0.05) is 18.8 Å². The standard InChI is InChI=1S/C22H16F9N5O3/c23-9-4-13(24)17(32-6-9)36-7-12(19(39)34-20(21(26,27)28)22(29,30)31)15(38)11-5-14(25)18(33-16(11)36)35-3-1-2-10(35)8-37/h4-7,10,20,37H,1-3,8H2,(H,34,39)/t10-/m1/s1. The molecule has 0 aromatic carbocycles. The molecule has 4 heterocycles. The van der Waals surface area contributed by atoms with Crippen LogP contribution in [0.2, 0.25) is 0 Å². The Hall–Kier alpha value is -3.89.